The molecule has 0 unspecified atom stereocenters. The average molecular weight is 254 g/mol. The van der Waals surface area contributed by atoms with Gasteiger partial charge in [-0.2, -0.15) is 9.98 Å². The van der Waals surface area contributed by atoms with E-state index < -0.39 is 21.1 Å². The second-order valence-electron chi connectivity index (χ2n) is 2.69. The topological polar surface area (TPSA) is 190 Å². The number of guanidine groups is 2. The van der Waals surface area contributed by atoms with E-state index in [-0.39, 0.29) is 17.6 Å². The third-order valence-electron chi connectivity index (χ3n) is 1.60. The molecule has 14 nitrogen and oxygen atoms in total. The molecule has 0 saturated carbocycles. The van der Waals surface area contributed by atoms with Gasteiger partial charge in [-0.25, -0.2) is 20.2 Å². The first-order valence-electron chi connectivity index (χ1n) is 4.08. The van der Waals surface area contributed by atoms with Crippen molar-refractivity contribution in [1.29, 1.82) is 0 Å². The van der Waals surface area contributed by atoms with Crippen LogP contribution in [0.1, 0.15) is 0 Å². The summed E-state index contributed by atoms with van der Waals surface area (Å²) >= 11 is 0. The van der Waals surface area contributed by atoms with Crippen molar-refractivity contribution in [2.24, 2.45) is 36.2 Å². The van der Waals surface area contributed by atoms with E-state index in [0.29, 0.717) is 0 Å². The van der Waals surface area contributed by atoms with Crippen molar-refractivity contribution < 1.29 is 10.1 Å². The molecule has 0 aromatic carbocycles. The summed E-state index contributed by atoms with van der Waals surface area (Å²) in [6.07, 6.45) is 0. The quantitative estimate of drug-likeness (QED) is 0.505. The highest BCUT2D eigenvalue weighted by Gasteiger charge is 2.38. The second kappa shape index (κ2) is 3.92. The fourth-order valence-electron chi connectivity index (χ4n) is 0.963. The summed E-state index contributed by atoms with van der Waals surface area (Å²) in [5.74, 6) is -1.39. The summed E-state index contributed by atoms with van der Waals surface area (Å²) in [5.41, 5.74) is 5.19. The highest BCUT2D eigenvalue weighted by atomic mass is 16.8. The number of hydrazine groups is 2. The lowest BCUT2D eigenvalue weighted by molar-refractivity contribution is -0.881. The molecule has 0 bridgehead atoms. The molecule has 0 atom stereocenters. The van der Waals surface area contributed by atoms with E-state index >= 15 is 0 Å². The van der Waals surface area contributed by atoms with E-state index in [1.807, 2.05) is 0 Å². The maximum absolute atomic E-state index is 10.4. The molecule has 18 heavy (non-hydrogen) atoms. The Morgan fingerprint density at radius 3 is 2.00 bits per heavy atom. The number of aliphatic imine (C=N–C) groups is 2. The van der Waals surface area contributed by atoms with Crippen molar-refractivity contribution >= 4 is 11.9 Å². The Labute approximate surface area is 96.2 Å². The van der Waals surface area contributed by atoms with Gasteiger partial charge in [0.2, 0.25) is 32.8 Å². The van der Waals surface area contributed by atoms with Gasteiger partial charge in [0.05, 0.1) is 0 Å². The smallest absolute Gasteiger partial charge is 0.366 e. The van der Waals surface area contributed by atoms with Crippen LogP contribution in [0.3, 0.4) is 0 Å². The van der Waals surface area contributed by atoms with Gasteiger partial charge in [0, 0.05) is 0 Å². The molecule has 92 valence electrons. The highest BCUT2D eigenvalue weighted by molar-refractivity contribution is 5.82. The Morgan fingerprint density at radius 1 is 0.944 bits per heavy atom. The van der Waals surface area contributed by atoms with Crippen molar-refractivity contribution in [2.45, 2.75) is 0 Å². The predicted molar refractivity (Wildman–Crippen MR) is 51.6 cm³/mol. The third-order valence-corrected chi connectivity index (χ3v) is 1.60. The Hall–Kier alpha value is -3.32. The molecule has 0 fully saturated rings. The van der Waals surface area contributed by atoms with E-state index in [1.54, 1.807) is 0 Å². The normalized spacial score (nSPS) is 20.9. The van der Waals surface area contributed by atoms with Crippen LogP contribution in [-0.4, -0.2) is 27.1 Å². The Bertz CT molecular complexity index is 569. The van der Waals surface area contributed by atoms with Crippen LogP contribution in [0.5, 0.6) is 0 Å². The first-order valence-corrected chi connectivity index (χ1v) is 4.08. The van der Waals surface area contributed by atoms with Gasteiger partial charge in [-0.15, -0.1) is 15.3 Å². The van der Waals surface area contributed by atoms with Crippen molar-refractivity contribution in [3.63, 3.8) is 0 Å². The third kappa shape index (κ3) is 1.84. The van der Waals surface area contributed by atoms with Gasteiger partial charge in [-0.05, 0) is 0 Å². The minimum Gasteiger partial charge on any atom is -0.366 e. The lowest BCUT2D eigenvalue weighted by atomic mass is 10.7. The monoisotopic (exact) mass is 254 g/mol. The predicted octanol–water partition coefficient (Wildman–Crippen LogP) is -0.599. The molecule has 2 heterocycles. The van der Waals surface area contributed by atoms with Crippen LogP contribution < -0.4 is 5.73 Å². The maximum atomic E-state index is 10.4. The van der Waals surface area contributed by atoms with E-state index in [4.69, 9.17) is 5.73 Å². The van der Waals surface area contributed by atoms with Crippen LogP contribution in [-0.2, 0) is 0 Å². The summed E-state index contributed by atoms with van der Waals surface area (Å²) in [7, 11) is 0. The van der Waals surface area contributed by atoms with Gasteiger partial charge in [0.1, 0.15) is 0 Å². The number of hydrogen-bond donors (Lipinski definition) is 1. The standard InChI is InChI=1S/C4H2N10O4/c5-3-6-1(8-10-3)2-7-4(11-9-2)12(13(15)16)14(17)18/h(H2,5,6). The number of nitro groups is 2. The lowest BCUT2D eigenvalue weighted by Gasteiger charge is -1.97. The van der Waals surface area contributed by atoms with Crippen LogP contribution in [0, 0.1) is 20.2 Å². The molecule has 0 aromatic rings. The zero-order valence-electron chi connectivity index (χ0n) is 8.24. The second-order valence-corrected chi connectivity index (χ2v) is 2.69. The van der Waals surface area contributed by atoms with Gasteiger partial charge < -0.3 is 5.73 Å². The molecule has 14 heteroatoms. The van der Waals surface area contributed by atoms with E-state index in [2.05, 4.69) is 30.4 Å². The number of nitrogens with two attached hydrogens (primary N) is 1. The van der Waals surface area contributed by atoms with Crippen LogP contribution in [0.25, 0.3) is 0 Å². The minimum absolute atomic E-state index is 0.141. The molecule has 2 rings (SSSR count). The number of hydrogen-bond acceptors (Lipinski definition) is 11. The molecular formula is C4H2N10O4. The molecular weight excluding hydrogens is 252 g/mol. The Morgan fingerprint density at radius 2 is 1.50 bits per heavy atom. The summed E-state index contributed by atoms with van der Waals surface area (Å²) in [6, 6.07) is 0. The number of rotatable bonds is 2. The molecule has 2 aliphatic heterocycles. The molecule has 2 N–H and O–H groups in total. The molecule has 0 aliphatic carbocycles. The summed E-state index contributed by atoms with van der Waals surface area (Å²) < 4.78 is 0. The largest absolute Gasteiger partial charge is 0.387 e. The lowest BCUT2D eigenvalue weighted by Crippen LogP contribution is -2.39. The van der Waals surface area contributed by atoms with Crippen LogP contribution in [0.15, 0.2) is 42.1 Å². The van der Waals surface area contributed by atoms with Crippen molar-refractivity contribution in [2.75, 3.05) is 0 Å². The average Bonchev–Trinajstić information content (AvgIpc) is 2.85. The molecule has 0 spiro atoms. The van der Waals surface area contributed by atoms with Crippen molar-refractivity contribution in [3.8, 4) is 0 Å². The van der Waals surface area contributed by atoms with Gasteiger partial charge in [0.25, 0.3) is 0 Å². The molecule has 0 amide bonds. The molecule has 0 radical (unpaired) electrons. The van der Waals surface area contributed by atoms with Gasteiger partial charge in [0.15, 0.2) is 0 Å². The first-order chi connectivity index (χ1) is 8.49. The van der Waals surface area contributed by atoms with E-state index in [1.165, 1.54) is 0 Å². The fraction of sp³-hybridized carbons (Fsp3) is 0. The van der Waals surface area contributed by atoms with E-state index in [0.717, 1.165) is 0 Å². The summed E-state index contributed by atoms with van der Waals surface area (Å²) in [4.78, 5) is 27.8. The zero-order valence-corrected chi connectivity index (χ0v) is 8.24. The van der Waals surface area contributed by atoms with Gasteiger partial charge >= 0.3 is 5.96 Å². The first kappa shape index (κ1) is 11.2. The van der Waals surface area contributed by atoms with E-state index in [9.17, 15) is 20.2 Å². The Kier molecular flexibility index (Phi) is 2.43. The fourth-order valence-corrected chi connectivity index (χ4v) is 0.963. The van der Waals surface area contributed by atoms with Crippen LogP contribution in [0.2, 0.25) is 0 Å². The minimum atomic E-state index is -1.31. The molecule has 0 saturated heterocycles. The zero-order chi connectivity index (χ0) is 13.3. The SMILES string of the molecule is NC1=NC(=C2N=NC(N([N+](=O)[O-])[N+](=O)[O-])=N2)N=N1. The highest BCUT2D eigenvalue weighted by Crippen LogP contribution is 2.21. The summed E-state index contributed by atoms with van der Waals surface area (Å²) in [6.45, 7) is 0. The van der Waals surface area contributed by atoms with Gasteiger partial charge in [-0.1, -0.05) is 5.11 Å². The van der Waals surface area contributed by atoms with Crippen molar-refractivity contribution in [1.82, 2.24) is 5.12 Å². The number of nitrogens with zero attached hydrogens (tertiary/aromatic N) is 9. The maximum Gasteiger partial charge on any atom is 0.387 e. The van der Waals surface area contributed by atoms with Crippen LogP contribution in [0.4, 0.5) is 0 Å². The summed E-state index contributed by atoms with van der Waals surface area (Å²) in [5, 5.41) is 31.0. The molecule has 2 aliphatic rings. The van der Waals surface area contributed by atoms with Crippen LogP contribution >= 0.6 is 0 Å². The molecule has 0 aromatic heterocycles. The van der Waals surface area contributed by atoms with Gasteiger partial charge in [-0.3, -0.25) is 0 Å². The Balaban J connectivity index is 2.35. The number of azo groups is 2. The van der Waals surface area contributed by atoms with Crippen molar-refractivity contribution in [3.05, 3.63) is 31.9 Å².